The first-order chi connectivity index (χ1) is 10.7. The first-order valence-electron chi connectivity index (χ1n) is 7.22. The van der Waals surface area contributed by atoms with Crippen LogP contribution >= 0.6 is 11.3 Å². The number of nitrogens with zero attached hydrogens (tertiary/aromatic N) is 3. The Hall–Kier alpha value is -1.99. The van der Waals surface area contributed by atoms with Crippen molar-refractivity contribution in [2.75, 3.05) is 25.4 Å². The maximum absolute atomic E-state index is 12.4. The maximum Gasteiger partial charge on any atom is 0.223 e. The monoisotopic (exact) mass is 318 g/mol. The number of anilines is 1. The van der Waals surface area contributed by atoms with Gasteiger partial charge in [0.05, 0.1) is 13.2 Å². The van der Waals surface area contributed by atoms with Crippen molar-refractivity contribution in [1.82, 2.24) is 14.9 Å². The molecule has 3 rings (SSSR count). The summed E-state index contributed by atoms with van der Waals surface area (Å²) in [6.07, 6.45) is 4.14. The molecule has 0 radical (unpaired) electrons. The van der Waals surface area contributed by atoms with Crippen LogP contribution in [0.15, 0.2) is 29.9 Å². The number of nitrogen functional groups attached to an aromatic ring is 1. The Balaban J connectivity index is 1.60. The lowest BCUT2D eigenvalue weighted by Gasteiger charge is -2.32. The quantitative estimate of drug-likeness (QED) is 0.927. The molecule has 0 unspecified atom stereocenters. The van der Waals surface area contributed by atoms with E-state index in [1.165, 1.54) is 4.88 Å². The minimum absolute atomic E-state index is 0.143. The number of thiophene rings is 1. The third-order valence-corrected chi connectivity index (χ3v) is 4.58. The van der Waals surface area contributed by atoms with E-state index in [1.54, 1.807) is 23.7 Å². The van der Waals surface area contributed by atoms with Gasteiger partial charge in [-0.3, -0.25) is 9.78 Å². The van der Waals surface area contributed by atoms with Gasteiger partial charge in [0.25, 0.3) is 0 Å². The van der Waals surface area contributed by atoms with Crippen molar-refractivity contribution in [1.29, 1.82) is 0 Å². The second kappa shape index (κ2) is 6.85. The number of morpholine rings is 1. The summed E-state index contributed by atoms with van der Waals surface area (Å²) >= 11 is 1.68. The number of carbonyl (C=O) groups is 1. The zero-order valence-electron chi connectivity index (χ0n) is 12.1. The smallest absolute Gasteiger partial charge is 0.223 e. The van der Waals surface area contributed by atoms with Gasteiger partial charge in [0, 0.05) is 30.2 Å². The molecule has 1 fully saturated rings. The molecule has 1 aliphatic rings. The van der Waals surface area contributed by atoms with Crippen molar-refractivity contribution < 1.29 is 9.53 Å². The molecule has 1 amide bonds. The Morgan fingerprint density at radius 2 is 2.32 bits per heavy atom. The molecule has 0 aliphatic carbocycles. The molecule has 0 spiro atoms. The Labute approximate surface area is 132 Å². The van der Waals surface area contributed by atoms with Crippen molar-refractivity contribution in [3.63, 3.8) is 0 Å². The fourth-order valence-electron chi connectivity index (χ4n) is 2.49. The Kier molecular flexibility index (Phi) is 4.65. The van der Waals surface area contributed by atoms with E-state index >= 15 is 0 Å². The second-order valence-corrected chi connectivity index (χ2v) is 6.14. The molecule has 1 saturated heterocycles. The van der Waals surface area contributed by atoms with Crippen molar-refractivity contribution in [2.24, 2.45) is 0 Å². The van der Waals surface area contributed by atoms with E-state index in [1.807, 2.05) is 16.3 Å². The number of aromatic nitrogens is 2. The summed E-state index contributed by atoms with van der Waals surface area (Å²) < 4.78 is 5.70. The van der Waals surface area contributed by atoms with E-state index in [0.29, 0.717) is 37.6 Å². The van der Waals surface area contributed by atoms with Crippen molar-refractivity contribution in [3.05, 3.63) is 40.5 Å². The van der Waals surface area contributed by atoms with Crippen LogP contribution in [0.5, 0.6) is 0 Å². The fourth-order valence-corrected chi connectivity index (χ4v) is 3.20. The second-order valence-electron chi connectivity index (χ2n) is 5.11. The summed E-state index contributed by atoms with van der Waals surface area (Å²) in [6, 6.07) is 4.06. The molecule has 7 heteroatoms. The minimum atomic E-state index is -0.298. The highest BCUT2D eigenvalue weighted by Crippen LogP contribution is 2.24. The molecule has 0 saturated carbocycles. The molecule has 22 heavy (non-hydrogen) atoms. The van der Waals surface area contributed by atoms with Crippen LogP contribution < -0.4 is 5.73 Å². The van der Waals surface area contributed by atoms with Crippen LogP contribution in [0.25, 0.3) is 0 Å². The van der Waals surface area contributed by atoms with Gasteiger partial charge in [-0.1, -0.05) is 6.07 Å². The number of amides is 1. The summed E-state index contributed by atoms with van der Waals surface area (Å²) in [5.41, 5.74) is 6.45. The van der Waals surface area contributed by atoms with Crippen LogP contribution in [0.1, 0.15) is 23.1 Å². The van der Waals surface area contributed by atoms with Crippen molar-refractivity contribution >= 4 is 23.1 Å². The van der Waals surface area contributed by atoms with E-state index in [0.717, 1.165) is 6.42 Å². The summed E-state index contributed by atoms with van der Waals surface area (Å²) in [4.78, 5) is 23.7. The first kappa shape index (κ1) is 14.9. The summed E-state index contributed by atoms with van der Waals surface area (Å²) in [6.45, 7) is 1.58. The molecule has 2 N–H and O–H groups in total. The lowest BCUT2D eigenvalue weighted by atomic mass is 10.1. The van der Waals surface area contributed by atoms with Crippen LogP contribution in [0.3, 0.4) is 0 Å². The van der Waals surface area contributed by atoms with Crippen LogP contribution in [-0.2, 0) is 16.0 Å². The standard InChI is InChI=1S/C15H18N4O2S/c16-15-14(17-5-6-18-15)12-10-19(7-8-21-12)13(20)4-3-11-2-1-9-22-11/h1-2,5-6,9,12H,3-4,7-8,10H2,(H2,16,18)/t12-/m0/s1. The van der Waals surface area contributed by atoms with Crippen LogP contribution in [0.2, 0.25) is 0 Å². The molecule has 6 nitrogen and oxygen atoms in total. The minimum Gasteiger partial charge on any atom is -0.382 e. The number of hydrogen-bond donors (Lipinski definition) is 1. The number of aryl methyl sites for hydroxylation is 1. The van der Waals surface area contributed by atoms with E-state index in [4.69, 9.17) is 10.5 Å². The molecule has 116 valence electrons. The number of rotatable bonds is 4. The van der Waals surface area contributed by atoms with Gasteiger partial charge in [0.1, 0.15) is 17.6 Å². The molecule has 1 aliphatic heterocycles. The molecule has 0 aromatic carbocycles. The van der Waals surface area contributed by atoms with Gasteiger partial charge in [0.15, 0.2) is 0 Å². The normalized spacial score (nSPS) is 18.4. The van der Waals surface area contributed by atoms with E-state index in [-0.39, 0.29) is 12.0 Å². The van der Waals surface area contributed by atoms with Crippen molar-refractivity contribution in [3.8, 4) is 0 Å². The number of carbonyl (C=O) groups excluding carboxylic acids is 1. The molecule has 2 aromatic heterocycles. The molecular weight excluding hydrogens is 300 g/mol. The molecule has 2 aromatic rings. The van der Waals surface area contributed by atoms with Crippen LogP contribution in [0.4, 0.5) is 5.82 Å². The maximum atomic E-state index is 12.4. The fraction of sp³-hybridized carbons (Fsp3) is 0.400. The largest absolute Gasteiger partial charge is 0.382 e. The molecule has 3 heterocycles. The topological polar surface area (TPSA) is 81.3 Å². The van der Waals surface area contributed by atoms with E-state index < -0.39 is 0 Å². The van der Waals surface area contributed by atoms with E-state index in [2.05, 4.69) is 16.0 Å². The lowest BCUT2D eigenvalue weighted by Crippen LogP contribution is -2.42. The number of ether oxygens (including phenoxy) is 1. The predicted molar refractivity (Wildman–Crippen MR) is 84.4 cm³/mol. The average Bonchev–Trinajstić information content (AvgIpc) is 3.06. The Morgan fingerprint density at radius 1 is 1.45 bits per heavy atom. The Bertz CT molecular complexity index is 632. The number of hydrogen-bond acceptors (Lipinski definition) is 6. The van der Waals surface area contributed by atoms with Crippen molar-refractivity contribution in [2.45, 2.75) is 18.9 Å². The zero-order chi connectivity index (χ0) is 15.4. The Morgan fingerprint density at radius 3 is 3.09 bits per heavy atom. The molecule has 0 bridgehead atoms. The third-order valence-electron chi connectivity index (χ3n) is 3.65. The molecule has 1 atom stereocenters. The highest BCUT2D eigenvalue weighted by molar-refractivity contribution is 7.09. The molecular formula is C15H18N4O2S. The highest BCUT2D eigenvalue weighted by atomic mass is 32.1. The van der Waals surface area contributed by atoms with Crippen LogP contribution in [-0.4, -0.2) is 40.5 Å². The van der Waals surface area contributed by atoms with Gasteiger partial charge in [-0.25, -0.2) is 4.98 Å². The van der Waals surface area contributed by atoms with Gasteiger partial charge < -0.3 is 15.4 Å². The van der Waals surface area contributed by atoms with Gasteiger partial charge >= 0.3 is 0 Å². The SMILES string of the molecule is Nc1nccnc1[C@@H]1CN(C(=O)CCc2cccs2)CCO1. The van der Waals surface area contributed by atoms with E-state index in [9.17, 15) is 4.79 Å². The summed E-state index contributed by atoms with van der Waals surface area (Å²) in [5.74, 6) is 0.504. The zero-order valence-corrected chi connectivity index (χ0v) is 13.0. The highest BCUT2D eigenvalue weighted by Gasteiger charge is 2.27. The van der Waals surface area contributed by atoms with Gasteiger partial charge in [0.2, 0.25) is 5.91 Å². The van der Waals surface area contributed by atoms with Gasteiger partial charge in [-0.2, -0.15) is 0 Å². The lowest BCUT2D eigenvalue weighted by molar-refractivity contribution is -0.139. The average molecular weight is 318 g/mol. The van der Waals surface area contributed by atoms with Gasteiger partial charge in [-0.15, -0.1) is 11.3 Å². The third kappa shape index (κ3) is 3.42. The summed E-state index contributed by atoms with van der Waals surface area (Å²) in [5, 5.41) is 2.03. The van der Waals surface area contributed by atoms with Gasteiger partial charge in [-0.05, 0) is 17.9 Å². The first-order valence-corrected chi connectivity index (χ1v) is 8.10. The number of nitrogens with two attached hydrogens (primary N) is 1. The van der Waals surface area contributed by atoms with Crippen LogP contribution in [0, 0.1) is 0 Å². The summed E-state index contributed by atoms with van der Waals surface area (Å²) in [7, 11) is 0. The predicted octanol–water partition coefficient (Wildman–Crippen LogP) is 1.65.